The van der Waals surface area contributed by atoms with E-state index >= 15 is 0 Å². The molecule has 2 aliphatic rings. The summed E-state index contributed by atoms with van der Waals surface area (Å²) in [5.74, 6) is 0.465. The highest BCUT2D eigenvalue weighted by molar-refractivity contribution is 6.07. The quantitative estimate of drug-likeness (QED) is 0.566. The molecule has 0 aromatic heterocycles. The lowest BCUT2D eigenvalue weighted by molar-refractivity contribution is 0.0647. The van der Waals surface area contributed by atoms with Crippen LogP contribution in [0.1, 0.15) is 48.0 Å². The molecule has 31 heavy (non-hydrogen) atoms. The second-order valence-corrected chi connectivity index (χ2v) is 9.31. The van der Waals surface area contributed by atoms with Gasteiger partial charge >= 0.3 is 0 Å². The van der Waals surface area contributed by atoms with Crippen LogP contribution in [-0.2, 0) is 0 Å². The highest BCUT2D eigenvalue weighted by atomic mass is 19.1. The Bertz CT molecular complexity index is 1080. The zero-order valence-electron chi connectivity index (χ0n) is 18.1. The smallest absolute Gasteiger partial charge is 0.254 e. The van der Waals surface area contributed by atoms with Crippen LogP contribution < -0.4 is 0 Å². The van der Waals surface area contributed by atoms with Crippen molar-refractivity contribution in [3.8, 4) is 0 Å². The molecule has 3 aromatic rings. The van der Waals surface area contributed by atoms with Crippen LogP contribution in [-0.4, -0.2) is 47.4 Å². The number of benzene rings is 3. The van der Waals surface area contributed by atoms with Crippen molar-refractivity contribution in [1.82, 2.24) is 9.80 Å². The molecule has 1 amide bonds. The Hall–Kier alpha value is -2.72. The number of carbonyl (C=O) groups excluding carboxylic acids is 1. The van der Waals surface area contributed by atoms with Crippen molar-refractivity contribution in [2.45, 2.75) is 37.6 Å². The topological polar surface area (TPSA) is 23.6 Å². The number of hydrogen-bond acceptors (Lipinski definition) is 2. The zero-order valence-corrected chi connectivity index (χ0v) is 18.1. The number of carbonyl (C=O) groups is 1. The Kier molecular flexibility index (Phi) is 5.27. The molecule has 0 saturated carbocycles. The van der Waals surface area contributed by atoms with Gasteiger partial charge in [-0.25, -0.2) is 4.39 Å². The van der Waals surface area contributed by atoms with Gasteiger partial charge in [0, 0.05) is 24.2 Å². The molecule has 2 aliphatic heterocycles. The second-order valence-electron chi connectivity index (χ2n) is 9.31. The lowest BCUT2D eigenvalue weighted by Gasteiger charge is -2.43. The van der Waals surface area contributed by atoms with E-state index in [-0.39, 0.29) is 17.3 Å². The van der Waals surface area contributed by atoms with Gasteiger partial charge in [0.05, 0.1) is 0 Å². The van der Waals surface area contributed by atoms with E-state index in [1.165, 1.54) is 5.56 Å². The minimum absolute atomic E-state index is 0.0218. The summed E-state index contributed by atoms with van der Waals surface area (Å²) >= 11 is 0. The summed E-state index contributed by atoms with van der Waals surface area (Å²) in [5, 5.41) is 2.14. The number of likely N-dealkylation sites (tertiary alicyclic amines) is 2. The molecular weight excluding hydrogens is 387 g/mol. The van der Waals surface area contributed by atoms with E-state index in [0.717, 1.165) is 61.8 Å². The van der Waals surface area contributed by atoms with Crippen LogP contribution in [0.3, 0.4) is 0 Å². The van der Waals surface area contributed by atoms with Gasteiger partial charge in [-0.1, -0.05) is 48.5 Å². The van der Waals surface area contributed by atoms with Gasteiger partial charge in [-0.15, -0.1) is 0 Å². The Morgan fingerprint density at radius 1 is 0.935 bits per heavy atom. The molecule has 0 spiro atoms. The van der Waals surface area contributed by atoms with Gasteiger partial charge in [0.15, 0.2) is 0 Å². The standard InChI is InChI=1S/C27H29FN2O/c1-27(30-16-13-21(14-17-30)20-9-11-23(28)12-10-20)15-18-29(19-27)26(31)25-8-4-6-22-5-2-3-7-24(22)25/h2-12,21H,13-19H2,1H3. The van der Waals surface area contributed by atoms with Gasteiger partial charge in [0.2, 0.25) is 0 Å². The number of nitrogens with zero attached hydrogens (tertiary/aromatic N) is 2. The summed E-state index contributed by atoms with van der Waals surface area (Å²) in [6.07, 6.45) is 3.17. The lowest BCUT2D eigenvalue weighted by atomic mass is 9.86. The Morgan fingerprint density at radius 3 is 2.42 bits per heavy atom. The molecule has 1 atom stereocenters. The summed E-state index contributed by atoms with van der Waals surface area (Å²) in [6.45, 7) is 5.93. The highest BCUT2D eigenvalue weighted by Gasteiger charge is 2.42. The molecule has 2 fully saturated rings. The Labute approximate surface area is 183 Å². The fourth-order valence-electron chi connectivity index (χ4n) is 5.45. The van der Waals surface area contributed by atoms with Gasteiger partial charge in [0.1, 0.15) is 5.82 Å². The van der Waals surface area contributed by atoms with Crippen LogP contribution in [0.5, 0.6) is 0 Å². The predicted octanol–water partition coefficient (Wildman–Crippen LogP) is 5.46. The molecule has 2 heterocycles. The van der Waals surface area contributed by atoms with Crippen molar-refractivity contribution in [1.29, 1.82) is 0 Å². The monoisotopic (exact) mass is 416 g/mol. The minimum Gasteiger partial charge on any atom is -0.337 e. The summed E-state index contributed by atoms with van der Waals surface area (Å²) in [6, 6.07) is 21.1. The highest BCUT2D eigenvalue weighted by Crippen LogP contribution is 2.36. The summed E-state index contributed by atoms with van der Waals surface area (Å²) in [4.78, 5) is 18.0. The third kappa shape index (κ3) is 3.85. The predicted molar refractivity (Wildman–Crippen MR) is 123 cm³/mol. The first-order chi connectivity index (χ1) is 15.0. The molecule has 1 unspecified atom stereocenters. The molecular formula is C27H29FN2O. The first-order valence-corrected chi connectivity index (χ1v) is 11.3. The normalized spacial score (nSPS) is 22.8. The maximum absolute atomic E-state index is 13.4. The van der Waals surface area contributed by atoms with Crippen molar-refractivity contribution in [2.24, 2.45) is 0 Å². The van der Waals surface area contributed by atoms with E-state index in [1.807, 2.05) is 47.4 Å². The maximum Gasteiger partial charge on any atom is 0.254 e. The van der Waals surface area contributed by atoms with Crippen LogP contribution in [0.4, 0.5) is 4.39 Å². The zero-order chi connectivity index (χ0) is 21.4. The third-order valence-electron chi connectivity index (χ3n) is 7.36. The average Bonchev–Trinajstić information content (AvgIpc) is 3.22. The molecule has 0 N–H and O–H groups in total. The van der Waals surface area contributed by atoms with Gasteiger partial charge < -0.3 is 4.90 Å². The Balaban J connectivity index is 1.26. The number of rotatable bonds is 3. The van der Waals surface area contributed by atoms with Crippen molar-refractivity contribution >= 4 is 16.7 Å². The van der Waals surface area contributed by atoms with Gasteiger partial charge in [-0.05, 0) is 79.7 Å². The second kappa shape index (κ2) is 8.08. The van der Waals surface area contributed by atoms with Crippen LogP contribution >= 0.6 is 0 Å². The first-order valence-electron chi connectivity index (χ1n) is 11.3. The molecule has 5 rings (SSSR count). The van der Waals surface area contributed by atoms with Crippen LogP contribution in [0.15, 0.2) is 66.7 Å². The molecule has 4 heteroatoms. The van der Waals surface area contributed by atoms with Gasteiger partial charge in [-0.3, -0.25) is 9.69 Å². The molecule has 160 valence electrons. The third-order valence-corrected chi connectivity index (χ3v) is 7.36. The maximum atomic E-state index is 13.4. The number of piperidine rings is 1. The van der Waals surface area contributed by atoms with Gasteiger partial charge in [0.25, 0.3) is 5.91 Å². The lowest BCUT2D eigenvalue weighted by Crippen LogP contribution is -2.51. The molecule has 0 radical (unpaired) electrons. The number of hydrogen-bond donors (Lipinski definition) is 0. The van der Waals surface area contributed by atoms with E-state index in [9.17, 15) is 9.18 Å². The first kappa shape index (κ1) is 20.2. The van der Waals surface area contributed by atoms with E-state index in [4.69, 9.17) is 0 Å². The average molecular weight is 417 g/mol. The molecule has 3 nitrogen and oxygen atoms in total. The molecule has 0 bridgehead atoms. The van der Waals surface area contributed by atoms with Crippen molar-refractivity contribution < 1.29 is 9.18 Å². The van der Waals surface area contributed by atoms with E-state index < -0.39 is 0 Å². The number of fused-ring (bicyclic) bond motifs is 1. The SMILES string of the molecule is CC1(N2CCC(c3ccc(F)cc3)CC2)CCN(C(=O)c2cccc3ccccc23)C1. The fraction of sp³-hybridized carbons (Fsp3) is 0.370. The summed E-state index contributed by atoms with van der Waals surface area (Å²) in [7, 11) is 0. The molecule has 2 saturated heterocycles. The summed E-state index contributed by atoms with van der Waals surface area (Å²) in [5.41, 5.74) is 2.07. The van der Waals surface area contributed by atoms with Crippen LogP contribution in [0, 0.1) is 5.82 Å². The number of halogens is 1. The fourth-order valence-corrected chi connectivity index (χ4v) is 5.45. The van der Waals surface area contributed by atoms with E-state index in [1.54, 1.807) is 12.1 Å². The largest absolute Gasteiger partial charge is 0.337 e. The minimum atomic E-state index is -0.171. The van der Waals surface area contributed by atoms with Crippen molar-refractivity contribution in [3.63, 3.8) is 0 Å². The molecule has 0 aliphatic carbocycles. The van der Waals surface area contributed by atoms with E-state index in [2.05, 4.69) is 24.0 Å². The molecule has 3 aromatic carbocycles. The van der Waals surface area contributed by atoms with Crippen LogP contribution in [0.2, 0.25) is 0 Å². The van der Waals surface area contributed by atoms with Gasteiger partial charge in [-0.2, -0.15) is 0 Å². The van der Waals surface area contributed by atoms with Crippen LogP contribution in [0.25, 0.3) is 10.8 Å². The van der Waals surface area contributed by atoms with Crippen molar-refractivity contribution in [2.75, 3.05) is 26.2 Å². The summed E-state index contributed by atoms with van der Waals surface area (Å²) < 4.78 is 13.2. The van der Waals surface area contributed by atoms with E-state index in [0.29, 0.717) is 5.92 Å². The Morgan fingerprint density at radius 2 is 1.65 bits per heavy atom. The van der Waals surface area contributed by atoms with Crippen molar-refractivity contribution in [3.05, 3.63) is 83.7 Å². The number of amides is 1.